The number of carbonyl (C=O) groups excluding carboxylic acids is 1. The highest BCUT2D eigenvalue weighted by Crippen LogP contribution is 2.19. The van der Waals surface area contributed by atoms with Crippen LogP contribution in [-0.2, 0) is 4.79 Å². The van der Waals surface area contributed by atoms with Gasteiger partial charge in [-0.2, -0.15) is 13.2 Å². The summed E-state index contributed by atoms with van der Waals surface area (Å²) < 4.78 is 35.8. The Morgan fingerprint density at radius 2 is 1.83 bits per heavy atom. The molecule has 0 aromatic heterocycles. The molecular formula is C10H17F3N2O3. The SMILES string of the molecule is CC(C)[C@H](NC(=O)N(C)CCC(F)(F)F)C(=O)O. The Morgan fingerprint density at radius 1 is 1.33 bits per heavy atom. The van der Waals surface area contributed by atoms with E-state index in [-0.39, 0.29) is 5.92 Å². The number of urea groups is 1. The Morgan fingerprint density at radius 3 is 2.17 bits per heavy atom. The lowest BCUT2D eigenvalue weighted by Gasteiger charge is -2.23. The molecule has 0 rings (SSSR count). The number of carboxylic acid groups (broad SMARTS) is 1. The maximum atomic E-state index is 11.9. The van der Waals surface area contributed by atoms with Crippen LogP contribution in [0.4, 0.5) is 18.0 Å². The predicted octanol–water partition coefficient (Wildman–Crippen LogP) is 1.69. The maximum Gasteiger partial charge on any atom is 0.390 e. The van der Waals surface area contributed by atoms with Crippen LogP contribution in [0.3, 0.4) is 0 Å². The van der Waals surface area contributed by atoms with Gasteiger partial charge in [-0.3, -0.25) is 0 Å². The highest BCUT2D eigenvalue weighted by atomic mass is 19.4. The van der Waals surface area contributed by atoms with E-state index in [9.17, 15) is 22.8 Å². The van der Waals surface area contributed by atoms with Crippen molar-refractivity contribution in [2.24, 2.45) is 5.92 Å². The molecule has 0 saturated heterocycles. The van der Waals surface area contributed by atoms with Crippen molar-refractivity contribution in [1.82, 2.24) is 10.2 Å². The molecule has 0 aliphatic rings. The number of amides is 2. The number of nitrogens with one attached hydrogen (secondary N) is 1. The number of alkyl halides is 3. The van der Waals surface area contributed by atoms with Gasteiger partial charge in [0.25, 0.3) is 0 Å². The molecule has 2 amide bonds. The molecule has 0 spiro atoms. The Bertz CT molecular complexity index is 305. The van der Waals surface area contributed by atoms with E-state index >= 15 is 0 Å². The summed E-state index contributed by atoms with van der Waals surface area (Å²) in [6, 6.07) is -1.95. The summed E-state index contributed by atoms with van der Waals surface area (Å²) in [4.78, 5) is 23.1. The fourth-order valence-electron chi connectivity index (χ4n) is 1.15. The van der Waals surface area contributed by atoms with E-state index in [2.05, 4.69) is 5.32 Å². The molecule has 0 aromatic rings. The Labute approximate surface area is 103 Å². The summed E-state index contributed by atoms with van der Waals surface area (Å²) in [5.41, 5.74) is 0. The number of aliphatic carboxylic acids is 1. The van der Waals surface area contributed by atoms with Gasteiger partial charge in [0.1, 0.15) is 6.04 Å². The minimum atomic E-state index is -4.35. The molecule has 0 heterocycles. The van der Waals surface area contributed by atoms with Gasteiger partial charge in [0.05, 0.1) is 6.42 Å². The van der Waals surface area contributed by atoms with Crippen LogP contribution in [0.25, 0.3) is 0 Å². The van der Waals surface area contributed by atoms with E-state index < -0.39 is 37.2 Å². The third kappa shape index (κ3) is 6.31. The first-order chi connectivity index (χ1) is 8.04. The molecule has 8 heteroatoms. The van der Waals surface area contributed by atoms with Gasteiger partial charge in [0.2, 0.25) is 0 Å². The van der Waals surface area contributed by atoms with E-state index in [0.717, 1.165) is 4.90 Å². The first-order valence-corrected chi connectivity index (χ1v) is 5.35. The number of hydrogen-bond donors (Lipinski definition) is 2. The van der Waals surface area contributed by atoms with Crippen LogP contribution in [0, 0.1) is 5.92 Å². The first-order valence-electron chi connectivity index (χ1n) is 5.35. The van der Waals surface area contributed by atoms with Gasteiger partial charge in [-0.25, -0.2) is 9.59 Å². The molecule has 0 unspecified atom stereocenters. The molecular weight excluding hydrogens is 253 g/mol. The molecule has 0 saturated carbocycles. The predicted molar refractivity (Wildman–Crippen MR) is 58.1 cm³/mol. The monoisotopic (exact) mass is 270 g/mol. The van der Waals surface area contributed by atoms with Crippen molar-refractivity contribution in [2.45, 2.75) is 32.5 Å². The van der Waals surface area contributed by atoms with E-state index in [4.69, 9.17) is 5.11 Å². The lowest BCUT2D eigenvalue weighted by molar-refractivity contribution is -0.141. The number of rotatable bonds is 5. The summed E-state index contributed by atoms with van der Waals surface area (Å²) in [7, 11) is 1.18. The van der Waals surface area contributed by atoms with Crippen molar-refractivity contribution < 1.29 is 27.9 Å². The van der Waals surface area contributed by atoms with E-state index in [1.807, 2.05) is 0 Å². The van der Waals surface area contributed by atoms with Crippen LogP contribution in [0.1, 0.15) is 20.3 Å². The first kappa shape index (κ1) is 16.5. The molecule has 0 bridgehead atoms. The Hall–Kier alpha value is -1.47. The smallest absolute Gasteiger partial charge is 0.390 e. The molecule has 106 valence electrons. The van der Waals surface area contributed by atoms with Gasteiger partial charge < -0.3 is 15.3 Å². The summed E-state index contributed by atoms with van der Waals surface area (Å²) >= 11 is 0. The van der Waals surface area contributed by atoms with E-state index in [0.29, 0.717) is 0 Å². The number of nitrogens with zero attached hydrogens (tertiary/aromatic N) is 1. The summed E-state index contributed by atoms with van der Waals surface area (Å²) in [6.45, 7) is 2.67. The molecule has 18 heavy (non-hydrogen) atoms. The highest BCUT2D eigenvalue weighted by molar-refractivity contribution is 5.82. The van der Waals surface area contributed by atoms with Crippen LogP contribution >= 0.6 is 0 Å². The third-order valence-corrected chi connectivity index (χ3v) is 2.29. The van der Waals surface area contributed by atoms with Crippen LogP contribution < -0.4 is 5.32 Å². The van der Waals surface area contributed by atoms with Gasteiger partial charge in [-0.15, -0.1) is 0 Å². The lowest BCUT2D eigenvalue weighted by atomic mass is 10.1. The van der Waals surface area contributed by atoms with Crippen LogP contribution in [-0.4, -0.2) is 47.8 Å². The minimum Gasteiger partial charge on any atom is -0.480 e. The molecule has 5 nitrogen and oxygen atoms in total. The third-order valence-electron chi connectivity index (χ3n) is 2.29. The Balaban J connectivity index is 4.34. The van der Waals surface area contributed by atoms with Crippen molar-refractivity contribution in [3.8, 4) is 0 Å². The number of carbonyl (C=O) groups is 2. The van der Waals surface area contributed by atoms with Gasteiger partial charge in [-0.1, -0.05) is 13.8 Å². The van der Waals surface area contributed by atoms with Crippen molar-refractivity contribution in [2.75, 3.05) is 13.6 Å². The largest absolute Gasteiger partial charge is 0.480 e. The van der Waals surface area contributed by atoms with E-state index in [1.54, 1.807) is 13.8 Å². The van der Waals surface area contributed by atoms with E-state index in [1.165, 1.54) is 7.05 Å². The standard InChI is InChI=1S/C10H17F3N2O3/c1-6(2)7(8(16)17)14-9(18)15(3)5-4-10(11,12)13/h6-7H,4-5H2,1-3H3,(H,14,18)(H,16,17)/t7-/m0/s1. The molecule has 0 aliphatic carbocycles. The maximum absolute atomic E-state index is 11.9. The zero-order valence-corrected chi connectivity index (χ0v) is 10.4. The van der Waals surface area contributed by atoms with Gasteiger partial charge >= 0.3 is 18.2 Å². The second-order valence-electron chi connectivity index (χ2n) is 4.30. The quantitative estimate of drug-likeness (QED) is 0.798. The number of hydrogen-bond acceptors (Lipinski definition) is 2. The topological polar surface area (TPSA) is 69.6 Å². The van der Waals surface area contributed by atoms with Crippen LogP contribution in [0.5, 0.6) is 0 Å². The summed E-state index contributed by atoms with van der Waals surface area (Å²) in [6.07, 6.45) is -5.48. The molecule has 0 radical (unpaired) electrons. The van der Waals surface area contributed by atoms with Gasteiger partial charge in [0.15, 0.2) is 0 Å². The van der Waals surface area contributed by atoms with Crippen LogP contribution in [0.2, 0.25) is 0 Å². The number of halogens is 3. The zero-order chi connectivity index (χ0) is 14.5. The normalized spacial score (nSPS) is 13.3. The van der Waals surface area contributed by atoms with Crippen molar-refractivity contribution in [3.05, 3.63) is 0 Å². The zero-order valence-electron chi connectivity index (χ0n) is 10.4. The van der Waals surface area contributed by atoms with Crippen molar-refractivity contribution in [3.63, 3.8) is 0 Å². The van der Waals surface area contributed by atoms with Crippen molar-refractivity contribution >= 4 is 12.0 Å². The second kappa shape index (κ2) is 6.46. The fraction of sp³-hybridized carbons (Fsp3) is 0.800. The van der Waals surface area contributed by atoms with Gasteiger partial charge in [0, 0.05) is 13.6 Å². The lowest BCUT2D eigenvalue weighted by Crippen LogP contribution is -2.49. The molecule has 0 aromatic carbocycles. The molecule has 2 N–H and O–H groups in total. The van der Waals surface area contributed by atoms with Gasteiger partial charge in [-0.05, 0) is 5.92 Å². The highest BCUT2D eigenvalue weighted by Gasteiger charge is 2.29. The average Bonchev–Trinajstić information content (AvgIpc) is 2.19. The summed E-state index contributed by atoms with van der Waals surface area (Å²) in [5, 5.41) is 11.0. The molecule has 0 fully saturated rings. The van der Waals surface area contributed by atoms with Crippen LogP contribution in [0.15, 0.2) is 0 Å². The number of carboxylic acids is 1. The Kier molecular flexibility index (Phi) is 5.93. The average molecular weight is 270 g/mol. The molecule has 0 aliphatic heterocycles. The minimum absolute atomic E-state index is 0.359. The van der Waals surface area contributed by atoms with Crippen molar-refractivity contribution in [1.29, 1.82) is 0 Å². The summed E-state index contributed by atoms with van der Waals surface area (Å²) in [5.74, 6) is -1.58. The molecule has 1 atom stereocenters. The second-order valence-corrected chi connectivity index (χ2v) is 4.30. The fourth-order valence-corrected chi connectivity index (χ4v) is 1.15.